The van der Waals surface area contributed by atoms with Crippen LogP contribution in [0.1, 0.15) is 310 Å². The lowest BCUT2D eigenvalue weighted by Gasteiger charge is -2.18. The van der Waals surface area contributed by atoms with E-state index in [4.69, 9.17) is 14.2 Å². The van der Waals surface area contributed by atoms with Crippen molar-refractivity contribution in [1.82, 2.24) is 0 Å². The molecule has 416 valence electrons. The van der Waals surface area contributed by atoms with Gasteiger partial charge in [-0.15, -0.1) is 0 Å². The second-order valence-electron chi connectivity index (χ2n) is 20.6. The highest BCUT2D eigenvalue weighted by Crippen LogP contribution is 2.15. The van der Waals surface area contributed by atoms with Crippen LogP contribution in [0.2, 0.25) is 0 Å². The van der Waals surface area contributed by atoms with Crippen molar-refractivity contribution >= 4 is 17.9 Å². The molecule has 0 heterocycles. The third-order valence-corrected chi connectivity index (χ3v) is 13.4. The Hall–Kier alpha value is -3.15. The molecule has 0 radical (unpaired) electrons. The number of hydrogen-bond donors (Lipinski definition) is 0. The van der Waals surface area contributed by atoms with Crippen molar-refractivity contribution in [2.24, 2.45) is 0 Å². The van der Waals surface area contributed by atoms with Gasteiger partial charge in [0, 0.05) is 19.3 Å². The maximum atomic E-state index is 12.9. The summed E-state index contributed by atoms with van der Waals surface area (Å²) in [6, 6.07) is 0. The fourth-order valence-electron chi connectivity index (χ4n) is 8.72. The summed E-state index contributed by atoms with van der Waals surface area (Å²) in [6.45, 7) is 6.57. The summed E-state index contributed by atoms with van der Waals surface area (Å²) in [7, 11) is 0. The first-order chi connectivity index (χ1) is 35.5. The molecule has 0 aliphatic rings. The van der Waals surface area contributed by atoms with Gasteiger partial charge in [0.25, 0.3) is 0 Å². The second kappa shape index (κ2) is 60.4. The average molecular weight is 1010 g/mol. The fraction of sp³-hybridized carbons (Fsp3) is 0.773. The highest BCUT2D eigenvalue weighted by molar-refractivity contribution is 5.71. The minimum absolute atomic E-state index is 0.0848. The molecule has 0 saturated carbocycles. The highest BCUT2D eigenvalue weighted by Gasteiger charge is 2.19. The van der Waals surface area contributed by atoms with Gasteiger partial charge in [0.1, 0.15) is 13.2 Å². The predicted octanol–water partition coefficient (Wildman–Crippen LogP) is 20.9. The van der Waals surface area contributed by atoms with Crippen LogP contribution in [0.5, 0.6) is 0 Å². The first kappa shape index (κ1) is 68.8. The van der Waals surface area contributed by atoms with Crippen LogP contribution in [0.25, 0.3) is 0 Å². The van der Waals surface area contributed by atoms with Crippen LogP contribution in [0.3, 0.4) is 0 Å². The number of rotatable bonds is 56. The van der Waals surface area contributed by atoms with Gasteiger partial charge in [-0.3, -0.25) is 14.4 Å². The number of hydrogen-bond acceptors (Lipinski definition) is 6. The SMILES string of the molecule is CCC/C=C\C/C=C\CCCCCCCC(=O)OCC(COC(=O)CCCCCCCCCC/C=C\C/C=C\C/C=C\CCCCCCC)OC(=O)CCCCCCCCC/C=C\CCCCCCCCC. The minimum Gasteiger partial charge on any atom is -0.462 e. The summed E-state index contributed by atoms with van der Waals surface area (Å²) in [5.41, 5.74) is 0. The molecule has 0 N–H and O–H groups in total. The van der Waals surface area contributed by atoms with E-state index >= 15 is 0 Å². The van der Waals surface area contributed by atoms with E-state index in [1.807, 2.05) is 0 Å². The summed E-state index contributed by atoms with van der Waals surface area (Å²) in [6.07, 6.45) is 77.5. The molecule has 0 saturated heterocycles. The fourth-order valence-corrected chi connectivity index (χ4v) is 8.72. The van der Waals surface area contributed by atoms with Crippen molar-refractivity contribution in [3.63, 3.8) is 0 Å². The van der Waals surface area contributed by atoms with Gasteiger partial charge in [0.2, 0.25) is 0 Å². The largest absolute Gasteiger partial charge is 0.462 e. The molecule has 6 nitrogen and oxygen atoms in total. The van der Waals surface area contributed by atoms with E-state index in [0.717, 1.165) is 103 Å². The van der Waals surface area contributed by atoms with Crippen LogP contribution in [0.4, 0.5) is 0 Å². The van der Waals surface area contributed by atoms with Gasteiger partial charge in [0.05, 0.1) is 0 Å². The van der Waals surface area contributed by atoms with Crippen LogP contribution >= 0.6 is 0 Å². The van der Waals surface area contributed by atoms with Crippen molar-refractivity contribution < 1.29 is 28.6 Å². The van der Waals surface area contributed by atoms with E-state index in [0.29, 0.717) is 19.3 Å². The number of carbonyl (C=O) groups excluding carboxylic acids is 3. The maximum Gasteiger partial charge on any atom is 0.306 e. The molecular weight excluding hydrogens is 889 g/mol. The van der Waals surface area contributed by atoms with Crippen LogP contribution in [-0.2, 0) is 28.6 Å². The lowest BCUT2D eigenvalue weighted by molar-refractivity contribution is -0.167. The first-order valence-electron chi connectivity index (χ1n) is 30.9. The molecule has 0 aromatic rings. The number of unbranched alkanes of at least 4 members (excludes halogenated alkanes) is 33. The molecule has 0 fully saturated rings. The Morgan fingerprint density at radius 1 is 0.278 bits per heavy atom. The van der Waals surface area contributed by atoms with Crippen LogP contribution in [0.15, 0.2) is 72.9 Å². The monoisotopic (exact) mass is 1000 g/mol. The van der Waals surface area contributed by atoms with Crippen molar-refractivity contribution in [2.45, 2.75) is 316 Å². The topological polar surface area (TPSA) is 78.9 Å². The summed E-state index contributed by atoms with van der Waals surface area (Å²) in [5.74, 6) is -0.899. The minimum atomic E-state index is -0.787. The molecule has 0 spiro atoms. The van der Waals surface area contributed by atoms with E-state index < -0.39 is 6.10 Å². The quantitative estimate of drug-likeness (QED) is 0.0261. The summed E-state index contributed by atoms with van der Waals surface area (Å²) < 4.78 is 16.9. The van der Waals surface area contributed by atoms with Crippen molar-refractivity contribution in [3.8, 4) is 0 Å². The van der Waals surface area contributed by atoms with E-state index in [2.05, 4.69) is 93.7 Å². The van der Waals surface area contributed by atoms with Gasteiger partial charge in [-0.2, -0.15) is 0 Å². The summed E-state index contributed by atoms with van der Waals surface area (Å²) in [4.78, 5) is 38.2. The van der Waals surface area contributed by atoms with E-state index in [1.165, 1.54) is 167 Å². The molecule has 0 rings (SSSR count). The van der Waals surface area contributed by atoms with Crippen LogP contribution in [-0.4, -0.2) is 37.2 Å². The van der Waals surface area contributed by atoms with Crippen LogP contribution < -0.4 is 0 Å². The predicted molar refractivity (Wildman–Crippen MR) is 311 cm³/mol. The first-order valence-corrected chi connectivity index (χ1v) is 30.9. The third kappa shape index (κ3) is 57.7. The average Bonchev–Trinajstić information content (AvgIpc) is 3.38. The lowest BCUT2D eigenvalue weighted by atomic mass is 10.1. The summed E-state index contributed by atoms with van der Waals surface area (Å²) >= 11 is 0. The highest BCUT2D eigenvalue weighted by atomic mass is 16.6. The Kier molecular flexibility index (Phi) is 57.8. The Morgan fingerprint density at radius 3 is 0.847 bits per heavy atom. The van der Waals surface area contributed by atoms with E-state index in [1.54, 1.807) is 0 Å². The Balaban J connectivity index is 4.35. The Bertz CT molecular complexity index is 1340. The van der Waals surface area contributed by atoms with Gasteiger partial charge < -0.3 is 14.2 Å². The zero-order chi connectivity index (χ0) is 52.2. The molecule has 0 aromatic carbocycles. The van der Waals surface area contributed by atoms with Crippen molar-refractivity contribution in [1.29, 1.82) is 0 Å². The zero-order valence-corrected chi connectivity index (χ0v) is 47.7. The zero-order valence-electron chi connectivity index (χ0n) is 47.7. The van der Waals surface area contributed by atoms with Gasteiger partial charge in [-0.1, -0.05) is 254 Å². The smallest absolute Gasteiger partial charge is 0.306 e. The van der Waals surface area contributed by atoms with E-state index in [-0.39, 0.29) is 31.1 Å². The summed E-state index contributed by atoms with van der Waals surface area (Å²) in [5, 5.41) is 0. The van der Waals surface area contributed by atoms with Gasteiger partial charge >= 0.3 is 17.9 Å². The molecule has 72 heavy (non-hydrogen) atoms. The number of ether oxygens (including phenoxy) is 3. The Labute approximate surface area is 446 Å². The van der Waals surface area contributed by atoms with Crippen molar-refractivity contribution in [3.05, 3.63) is 72.9 Å². The van der Waals surface area contributed by atoms with Crippen LogP contribution in [0, 0.1) is 0 Å². The van der Waals surface area contributed by atoms with Gasteiger partial charge in [-0.05, 0) is 109 Å². The molecular formula is C66H116O6. The van der Waals surface area contributed by atoms with Crippen molar-refractivity contribution in [2.75, 3.05) is 13.2 Å². The normalized spacial score (nSPS) is 12.5. The Morgan fingerprint density at radius 2 is 0.528 bits per heavy atom. The number of allylic oxidation sites excluding steroid dienone is 12. The molecule has 0 aliphatic carbocycles. The number of esters is 3. The third-order valence-electron chi connectivity index (χ3n) is 13.4. The molecule has 0 aromatic heterocycles. The molecule has 6 heteroatoms. The maximum absolute atomic E-state index is 12.9. The number of carbonyl (C=O) groups is 3. The lowest BCUT2D eigenvalue weighted by Crippen LogP contribution is -2.30. The van der Waals surface area contributed by atoms with Gasteiger partial charge in [0.15, 0.2) is 6.10 Å². The molecule has 0 amide bonds. The van der Waals surface area contributed by atoms with Gasteiger partial charge in [-0.25, -0.2) is 0 Å². The van der Waals surface area contributed by atoms with E-state index in [9.17, 15) is 14.4 Å². The molecule has 0 aliphatic heterocycles. The standard InChI is InChI=1S/C66H116O6/c1-4-7-10-13-16-19-22-25-27-29-31-32-33-34-35-37-38-41-44-47-50-53-56-59-65(68)71-62-63(61-70-64(67)58-55-52-49-46-43-40-24-21-18-15-12-9-6-3)72-66(69)60-57-54-51-48-45-42-39-36-30-28-26-23-20-17-14-11-8-5-2/h12,15,21-22,24-25,28-31,33-34,63H,4-11,13-14,16-20,23,26-27,32,35-62H2,1-3H3/b15-12-,24-21-,25-22-,30-28-,31-29-,34-33-. The molecule has 1 atom stereocenters. The molecule has 1 unspecified atom stereocenters. The molecule has 0 bridgehead atoms. The second-order valence-corrected chi connectivity index (χ2v) is 20.6.